The van der Waals surface area contributed by atoms with Gasteiger partial charge in [-0.1, -0.05) is 13.8 Å². The topological polar surface area (TPSA) is 51.8 Å². The molecule has 0 saturated carbocycles. The summed E-state index contributed by atoms with van der Waals surface area (Å²) < 4.78 is 0.759. The average molecular weight is 230 g/mol. The van der Waals surface area contributed by atoms with Crippen LogP contribution in [0.4, 0.5) is 5.82 Å². The molecule has 3 nitrogen and oxygen atoms in total. The molecule has 1 atom stereocenters. The van der Waals surface area contributed by atoms with E-state index in [0.29, 0.717) is 11.7 Å². The summed E-state index contributed by atoms with van der Waals surface area (Å²) in [5.41, 5.74) is 5.62. The zero-order valence-electron chi connectivity index (χ0n) is 7.21. The number of nitrogens with zero attached hydrogens (tertiary/aromatic N) is 2. The lowest BCUT2D eigenvalue weighted by atomic mass is 10.1. The van der Waals surface area contributed by atoms with E-state index in [1.807, 2.05) is 0 Å². The summed E-state index contributed by atoms with van der Waals surface area (Å²) in [4.78, 5) is 8.34. The maximum absolute atomic E-state index is 5.62. The third-order valence-corrected chi connectivity index (χ3v) is 2.45. The van der Waals surface area contributed by atoms with Crippen LogP contribution < -0.4 is 5.73 Å². The molecule has 0 aliphatic carbocycles. The molecule has 0 saturated heterocycles. The van der Waals surface area contributed by atoms with Gasteiger partial charge in [-0.3, -0.25) is 0 Å². The van der Waals surface area contributed by atoms with Crippen molar-refractivity contribution in [1.82, 2.24) is 9.97 Å². The van der Waals surface area contributed by atoms with Crippen molar-refractivity contribution >= 4 is 21.7 Å². The summed E-state index contributed by atoms with van der Waals surface area (Å²) in [6, 6.07) is 0. The van der Waals surface area contributed by atoms with Crippen LogP contribution in [0.2, 0.25) is 0 Å². The fourth-order valence-electron chi connectivity index (χ4n) is 0.815. The van der Waals surface area contributed by atoms with Crippen LogP contribution >= 0.6 is 15.9 Å². The number of hydrogen-bond acceptors (Lipinski definition) is 3. The molecule has 66 valence electrons. The minimum atomic E-state index is 0.375. The van der Waals surface area contributed by atoms with Crippen molar-refractivity contribution < 1.29 is 0 Å². The van der Waals surface area contributed by atoms with Crippen molar-refractivity contribution in [2.45, 2.75) is 26.2 Å². The van der Waals surface area contributed by atoms with Gasteiger partial charge < -0.3 is 5.73 Å². The SMILES string of the molecule is CCC(C)c1ncc(Br)c(N)n1. The van der Waals surface area contributed by atoms with Crippen molar-refractivity contribution in [3.63, 3.8) is 0 Å². The van der Waals surface area contributed by atoms with Crippen molar-refractivity contribution in [1.29, 1.82) is 0 Å². The number of halogens is 1. The van der Waals surface area contributed by atoms with E-state index in [4.69, 9.17) is 5.73 Å². The molecule has 12 heavy (non-hydrogen) atoms. The molecule has 0 spiro atoms. The van der Waals surface area contributed by atoms with Crippen molar-refractivity contribution in [3.05, 3.63) is 16.5 Å². The average Bonchev–Trinajstić information content (AvgIpc) is 2.08. The fraction of sp³-hybridized carbons (Fsp3) is 0.500. The zero-order chi connectivity index (χ0) is 9.14. The van der Waals surface area contributed by atoms with Crippen LogP contribution in [-0.4, -0.2) is 9.97 Å². The largest absolute Gasteiger partial charge is 0.383 e. The van der Waals surface area contributed by atoms with Crippen LogP contribution in [0, 0.1) is 0 Å². The number of nitrogens with two attached hydrogens (primary N) is 1. The Bertz CT molecular complexity index is 275. The Labute approximate surface area is 80.5 Å². The van der Waals surface area contributed by atoms with Gasteiger partial charge in [-0.25, -0.2) is 9.97 Å². The molecule has 1 unspecified atom stereocenters. The standard InChI is InChI=1S/C8H12BrN3/c1-3-5(2)8-11-4-6(9)7(10)12-8/h4-5H,3H2,1-2H3,(H2,10,11,12). The molecule has 1 aromatic heterocycles. The first-order valence-corrected chi connectivity index (χ1v) is 4.72. The molecule has 1 heterocycles. The summed E-state index contributed by atoms with van der Waals surface area (Å²) in [6.45, 7) is 4.19. The predicted octanol–water partition coefficient (Wildman–Crippen LogP) is 2.33. The number of aromatic nitrogens is 2. The molecule has 1 rings (SSSR count). The van der Waals surface area contributed by atoms with Crippen LogP contribution in [0.1, 0.15) is 32.0 Å². The predicted molar refractivity (Wildman–Crippen MR) is 52.9 cm³/mol. The van der Waals surface area contributed by atoms with E-state index in [1.165, 1.54) is 0 Å². The van der Waals surface area contributed by atoms with Crippen LogP contribution in [0.15, 0.2) is 10.7 Å². The van der Waals surface area contributed by atoms with E-state index in [0.717, 1.165) is 16.7 Å². The quantitative estimate of drug-likeness (QED) is 0.848. The Kier molecular flexibility index (Phi) is 3.03. The van der Waals surface area contributed by atoms with E-state index < -0.39 is 0 Å². The third kappa shape index (κ3) is 1.94. The molecule has 0 fully saturated rings. The minimum absolute atomic E-state index is 0.375. The number of hydrogen-bond donors (Lipinski definition) is 1. The molecule has 1 aromatic rings. The first kappa shape index (κ1) is 9.45. The monoisotopic (exact) mass is 229 g/mol. The van der Waals surface area contributed by atoms with Crippen molar-refractivity contribution in [3.8, 4) is 0 Å². The maximum atomic E-state index is 5.62. The summed E-state index contributed by atoms with van der Waals surface area (Å²) in [7, 11) is 0. The Hall–Kier alpha value is -0.640. The van der Waals surface area contributed by atoms with Gasteiger partial charge in [0.05, 0.1) is 4.47 Å². The van der Waals surface area contributed by atoms with Gasteiger partial charge in [0.15, 0.2) is 0 Å². The molecule has 0 aromatic carbocycles. The van der Waals surface area contributed by atoms with Gasteiger partial charge in [-0.2, -0.15) is 0 Å². The van der Waals surface area contributed by atoms with Crippen molar-refractivity contribution in [2.24, 2.45) is 0 Å². The molecule has 0 radical (unpaired) electrons. The van der Waals surface area contributed by atoms with Gasteiger partial charge in [0.25, 0.3) is 0 Å². The number of nitrogen functional groups attached to an aromatic ring is 1. The van der Waals surface area contributed by atoms with Gasteiger partial charge in [0.1, 0.15) is 11.6 Å². The lowest BCUT2D eigenvalue weighted by molar-refractivity contribution is 0.679. The van der Waals surface area contributed by atoms with Gasteiger partial charge in [-0.05, 0) is 22.4 Å². The van der Waals surface area contributed by atoms with E-state index in [1.54, 1.807) is 6.20 Å². The first-order chi connectivity index (χ1) is 5.65. The lowest BCUT2D eigenvalue weighted by Crippen LogP contribution is -2.03. The Morgan fingerprint density at radius 2 is 2.33 bits per heavy atom. The van der Waals surface area contributed by atoms with Gasteiger partial charge in [0, 0.05) is 12.1 Å². The highest BCUT2D eigenvalue weighted by molar-refractivity contribution is 9.10. The van der Waals surface area contributed by atoms with Gasteiger partial charge >= 0.3 is 0 Å². The second kappa shape index (κ2) is 3.85. The number of anilines is 1. The van der Waals surface area contributed by atoms with E-state index in [2.05, 4.69) is 39.7 Å². The summed E-state index contributed by atoms with van der Waals surface area (Å²) >= 11 is 3.25. The molecule has 0 bridgehead atoms. The highest BCUT2D eigenvalue weighted by Crippen LogP contribution is 2.19. The Morgan fingerprint density at radius 3 is 2.83 bits per heavy atom. The number of rotatable bonds is 2. The van der Waals surface area contributed by atoms with Crippen LogP contribution in [0.3, 0.4) is 0 Å². The molecule has 0 amide bonds. The Balaban J connectivity index is 2.96. The molecular formula is C8H12BrN3. The third-order valence-electron chi connectivity index (χ3n) is 1.84. The second-order valence-corrected chi connectivity index (χ2v) is 3.63. The molecule has 0 aliphatic heterocycles. The zero-order valence-corrected chi connectivity index (χ0v) is 8.80. The minimum Gasteiger partial charge on any atom is -0.383 e. The summed E-state index contributed by atoms with van der Waals surface area (Å²) in [6.07, 6.45) is 2.73. The van der Waals surface area contributed by atoms with E-state index >= 15 is 0 Å². The van der Waals surface area contributed by atoms with Gasteiger partial charge in [0.2, 0.25) is 0 Å². The normalized spacial score (nSPS) is 12.9. The Morgan fingerprint density at radius 1 is 1.67 bits per heavy atom. The molecule has 4 heteroatoms. The van der Waals surface area contributed by atoms with Gasteiger partial charge in [-0.15, -0.1) is 0 Å². The smallest absolute Gasteiger partial charge is 0.141 e. The van der Waals surface area contributed by atoms with Crippen LogP contribution in [0.25, 0.3) is 0 Å². The van der Waals surface area contributed by atoms with Crippen LogP contribution in [0.5, 0.6) is 0 Å². The van der Waals surface area contributed by atoms with Crippen molar-refractivity contribution in [2.75, 3.05) is 5.73 Å². The fourth-order valence-corrected chi connectivity index (χ4v) is 1.01. The highest BCUT2D eigenvalue weighted by Gasteiger charge is 2.07. The lowest BCUT2D eigenvalue weighted by Gasteiger charge is -2.07. The molecule has 2 N–H and O–H groups in total. The molecular weight excluding hydrogens is 218 g/mol. The van der Waals surface area contributed by atoms with E-state index in [-0.39, 0.29) is 0 Å². The summed E-state index contributed by atoms with van der Waals surface area (Å²) in [5, 5.41) is 0. The molecule has 0 aliphatic rings. The maximum Gasteiger partial charge on any atom is 0.141 e. The first-order valence-electron chi connectivity index (χ1n) is 3.93. The summed E-state index contributed by atoms with van der Waals surface area (Å²) in [5.74, 6) is 1.71. The van der Waals surface area contributed by atoms with Crippen LogP contribution in [-0.2, 0) is 0 Å². The highest BCUT2D eigenvalue weighted by atomic mass is 79.9. The van der Waals surface area contributed by atoms with E-state index in [9.17, 15) is 0 Å². The second-order valence-electron chi connectivity index (χ2n) is 2.77.